The van der Waals surface area contributed by atoms with Crippen molar-refractivity contribution < 1.29 is 19.1 Å². The number of thiophene rings is 1. The van der Waals surface area contributed by atoms with Crippen molar-refractivity contribution in [2.45, 2.75) is 25.6 Å². The SMILES string of the molecule is C[C@H](NC(=O)C(=O)NCc1ccc2c(c1)OCO2)[C@@H](c1cccs1)N1CCN(c2ccccc2)CC1. The minimum atomic E-state index is -0.654. The Bertz CT molecular complexity index is 1180. The fraction of sp³-hybridized carbons (Fsp3) is 0.333. The number of fused-ring (bicyclic) bond motifs is 1. The molecule has 2 N–H and O–H groups in total. The molecule has 3 heterocycles. The second-order valence-electron chi connectivity index (χ2n) is 8.95. The minimum absolute atomic E-state index is 0.00599. The Morgan fingerprint density at radius 3 is 2.47 bits per heavy atom. The van der Waals surface area contributed by atoms with Gasteiger partial charge >= 0.3 is 11.8 Å². The molecular formula is C27H30N4O4S. The first kappa shape index (κ1) is 24.1. The van der Waals surface area contributed by atoms with E-state index in [-0.39, 0.29) is 25.4 Å². The summed E-state index contributed by atoms with van der Waals surface area (Å²) in [5, 5.41) is 7.70. The average molecular weight is 507 g/mol. The van der Waals surface area contributed by atoms with Crippen molar-refractivity contribution in [1.82, 2.24) is 15.5 Å². The van der Waals surface area contributed by atoms with Crippen LogP contribution < -0.4 is 25.0 Å². The second kappa shape index (κ2) is 11.0. The number of carbonyl (C=O) groups is 2. The standard InChI is InChI=1S/C27H30N4O4S/c1-19(29-27(33)26(32)28-17-20-9-10-22-23(16-20)35-18-34-22)25(24-8-5-15-36-24)31-13-11-30(12-14-31)21-6-3-2-4-7-21/h2-10,15-16,19,25H,11-14,17-18H2,1H3,(H,28,32)(H,29,33)/t19-,25-/m0/s1. The lowest BCUT2D eigenvalue weighted by molar-refractivity contribution is -0.140. The number of rotatable bonds is 7. The van der Waals surface area contributed by atoms with Crippen LogP contribution in [-0.4, -0.2) is 55.7 Å². The molecule has 2 aromatic carbocycles. The van der Waals surface area contributed by atoms with Crippen LogP contribution in [-0.2, 0) is 16.1 Å². The highest BCUT2D eigenvalue weighted by atomic mass is 32.1. The number of anilines is 1. The third kappa shape index (κ3) is 5.47. The normalized spacial score (nSPS) is 16.9. The van der Waals surface area contributed by atoms with Crippen LogP contribution in [0.5, 0.6) is 11.5 Å². The molecule has 0 unspecified atom stereocenters. The first-order valence-electron chi connectivity index (χ1n) is 12.1. The van der Waals surface area contributed by atoms with Gasteiger partial charge in [-0.3, -0.25) is 14.5 Å². The van der Waals surface area contributed by atoms with E-state index in [1.54, 1.807) is 17.4 Å². The van der Waals surface area contributed by atoms with E-state index in [1.165, 1.54) is 10.6 Å². The summed E-state index contributed by atoms with van der Waals surface area (Å²) in [6, 6.07) is 19.8. The van der Waals surface area contributed by atoms with Crippen molar-refractivity contribution in [2.24, 2.45) is 0 Å². The summed E-state index contributed by atoms with van der Waals surface area (Å²) in [5.74, 6) is 0.0397. The molecule has 2 atom stereocenters. The lowest BCUT2D eigenvalue weighted by Gasteiger charge is -2.42. The number of ether oxygens (including phenoxy) is 2. The summed E-state index contributed by atoms with van der Waals surface area (Å²) in [7, 11) is 0. The predicted octanol–water partition coefficient (Wildman–Crippen LogP) is 3.16. The molecule has 0 saturated carbocycles. The number of hydrogen-bond donors (Lipinski definition) is 2. The van der Waals surface area contributed by atoms with E-state index < -0.39 is 11.8 Å². The third-order valence-corrected chi connectivity index (χ3v) is 7.54. The maximum absolute atomic E-state index is 12.8. The molecule has 1 saturated heterocycles. The van der Waals surface area contributed by atoms with E-state index in [0.29, 0.717) is 11.5 Å². The molecule has 0 aliphatic carbocycles. The highest BCUT2D eigenvalue weighted by Gasteiger charge is 2.32. The molecule has 9 heteroatoms. The van der Waals surface area contributed by atoms with Crippen LogP contribution in [0.4, 0.5) is 5.69 Å². The number of nitrogens with one attached hydrogen (secondary N) is 2. The van der Waals surface area contributed by atoms with E-state index in [4.69, 9.17) is 9.47 Å². The molecule has 2 aliphatic rings. The zero-order valence-corrected chi connectivity index (χ0v) is 21.0. The van der Waals surface area contributed by atoms with Gasteiger partial charge in [0.2, 0.25) is 6.79 Å². The largest absolute Gasteiger partial charge is 0.454 e. The number of carbonyl (C=O) groups excluding carboxylic acids is 2. The number of para-hydroxylation sites is 1. The van der Waals surface area contributed by atoms with Crippen LogP contribution in [0, 0.1) is 0 Å². The molecule has 0 spiro atoms. The fourth-order valence-electron chi connectivity index (χ4n) is 4.76. The van der Waals surface area contributed by atoms with Crippen molar-refractivity contribution in [2.75, 3.05) is 37.9 Å². The van der Waals surface area contributed by atoms with Crippen molar-refractivity contribution in [3.05, 3.63) is 76.5 Å². The molecule has 188 valence electrons. The number of piperazine rings is 1. The predicted molar refractivity (Wildman–Crippen MR) is 139 cm³/mol. The van der Waals surface area contributed by atoms with E-state index in [9.17, 15) is 9.59 Å². The summed E-state index contributed by atoms with van der Waals surface area (Å²) >= 11 is 1.67. The van der Waals surface area contributed by atoms with Gasteiger partial charge in [-0.1, -0.05) is 30.3 Å². The molecular weight excluding hydrogens is 476 g/mol. The highest BCUT2D eigenvalue weighted by Crippen LogP contribution is 2.32. The lowest BCUT2D eigenvalue weighted by atomic mass is 10.0. The Labute approximate surface area is 214 Å². The molecule has 0 bridgehead atoms. The zero-order chi connectivity index (χ0) is 24.9. The second-order valence-corrected chi connectivity index (χ2v) is 9.93. The van der Waals surface area contributed by atoms with Gasteiger partial charge in [0, 0.05) is 49.3 Å². The van der Waals surface area contributed by atoms with E-state index in [0.717, 1.165) is 31.7 Å². The summed E-state index contributed by atoms with van der Waals surface area (Å²) < 4.78 is 10.7. The monoisotopic (exact) mass is 506 g/mol. The van der Waals surface area contributed by atoms with E-state index in [1.807, 2.05) is 31.2 Å². The number of nitrogens with zero attached hydrogens (tertiary/aromatic N) is 2. The zero-order valence-electron chi connectivity index (χ0n) is 20.2. The van der Waals surface area contributed by atoms with Gasteiger partial charge in [-0.25, -0.2) is 0 Å². The molecule has 36 heavy (non-hydrogen) atoms. The quantitative estimate of drug-likeness (QED) is 0.479. The number of hydrogen-bond acceptors (Lipinski definition) is 7. The van der Waals surface area contributed by atoms with Crippen LogP contribution in [0.25, 0.3) is 0 Å². The summed E-state index contributed by atoms with van der Waals surface area (Å²) in [6.07, 6.45) is 0. The first-order chi connectivity index (χ1) is 17.6. The van der Waals surface area contributed by atoms with Crippen molar-refractivity contribution >= 4 is 28.8 Å². The highest BCUT2D eigenvalue weighted by molar-refractivity contribution is 7.10. The van der Waals surface area contributed by atoms with Crippen molar-refractivity contribution in [3.63, 3.8) is 0 Å². The van der Waals surface area contributed by atoms with Crippen molar-refractivity contribution in [1.29, 1.82) is 0 Å². The molecule has 1 fully saturated rings. The van der Waals surface area contributed by atoms with Crippen LogP contribution in [0.1, 0.15) is 23.4 Å². The molecule has 1 aromatic heterocycles. The minimum Gasteiger partial charge on any atom is -0.454 e. The van der Waals surface area contributed by atoms with Gasteiger partial charge in [-0.05, 0) is 48.2 Å². The van der Waals surface area contributed by atoms with Crippen LogP contribution in [0.2, 0.25) is 0 Å². The Kier molecular flexibility index (Phi) is 7.39. The van der Waals surface area contributed by atoms with Crippen LogP contribution in [0.3, 0.4) is 0 Å². The maximum Gasteiger partial charge on any atom is 0.309 e. The van der Waals surface area contributed by atoms with Gasteiger partial charge in [-0.15, -0.1) is 11.3 Å². The van der Waals surface area contributed by atoms with E-state index in [2.05, 4.69) is 56.1 Å². The van der Waals surface area contributed by atoms with Gasteiger partial charge in [-0.2, -0.15) is 0 Å². The molecule has 0 radical (unpaired) electrons. The van der Waals surface area contributed by atoms with Gasteiger partial charge in [0.1, 0.15) is 0 Å². The molecule has 3 aromatic rings. The summed E-state index contributed by atoms with van der Waals surface area (Å²) in [5.41, 5.74) is 2.06. The van der Waals surface area contributed by atoms with Crippen molar-refractivity contribution in [3.8, 4) is 11.5 Å². The van der Waals surface area contributed by atoms with Gasteiger partial charge < -0.3 is 25.0 Å². The maximum atomic E-state index is 12.8. The van der Waals surface area contributed by atoms with Gasteiger partial charge in [0.05, 0.1) is 6.04 Å². The molecule has 2 amide bonds. The first-order valence-corrected chi connectivity index (χ1v) is 13.0. The van der Waals surface area contributed by atoms with Gasteiger partial charge in [0.25, 0.3) is 0 Å². The third-order valence-electron chi connectivity index (χ3n) is 6.59. The van der Waals surface area contributed by atoms with Gasteiger partial charge in [0.15, 0.2) is 11.5 Å². The fourth-order valence-corrected chi connectivity index (χ4v) is 5.73. The summed E-state index contributed by atoms with van der Waals surface area (Å²) in [6.45, 7) is 5.94. The Morgan fingerprint density at radius 2 is 1.72 bits per heavy atom. The number of benzene rings is 2. The lowest BCUT2D eigenvalue weighted by Crippen LogP contribution is -2.53. The molecule has 5 rings (SSSR count). The Balaban J connectivity index is 1.18. The molecule has 8 nitrogen and oxygen atoms in total. The molecule has 2 aliphatic heterocycles. The Hall–Kier alpha value is -3.56. The number of amides is 2. The topological polar surface area (TPSA) is 83.1 Å². The smallest absolute Gasteiger partial charge is 0.309 e. The summed E-state index contributed by atoms with van der Waals surface area (Å²) in [4.78, 5) is 31.3. The average Bonchev–Trinajstić information content (AvgIpc) is 3.60. The van der Waals surface area contributed by atoms with Crippen LogP contribution in [0.15, 0.2) is 66.0 Å². The van der Waals surface area contributed by atoms with Crippen LogP contribution >= 0.6 is 11.3 Å². The Morgan fingerprint density at radius 1 is 0.944 bits per heavy atom. The van der Waals surface area contributed by atoms with E-state index >= 15 is 0 Å².